The zero-order chi connectivity index (χ0) is 14.1. The summed E-state index contributed by atoms with van der Waals surface area (Å²) in [5, 5.41) is 9.24. The normalized spacial score (nSPS) is 11.4. The first-order valence-corrected chi connectivity index (χ1v) is 6.16. The Morgan fingerprint density at radius 3 is 2.17 bits per heavy atom. The molecule has 0 aromatic heterocycles. The lowest BCUT2D eigenvalue weighted by Gasteiger charge is -2.25. The van der Waals surface area contributed by atoms with Gasteiger partial charge in [-0.25, -0.2) is 0 Å². The molecule has 1 aromatic carbocycles. The number of hydrogen-bond acceptors (Lipinski definition) is 2. The molecule has 3 nitrogen and oxygen atoms in total. The number of anilines is 1. The molecule has 0 aliphatic rings. The van der Waals surface area contributed by atoms with Crippen molar-refractivity contribution in [3.05, 3.63) is 28.8 Å². The lowest BCUT2D eigenvalue weighted by Crippen LogP contribution is -2.27. The van der Waals surface area contributed by atoms with Gasteiger partial charge in [0.05, 0.1) is 5.41 Å². The smallest absolute Gasteiger partial charge is 0.309 e. The molecule has 0 heterocycles. The molecule has 0 spiro atoms. The minimum Gasteiger partial charge on any atom is -0.481 e. The van der Waals surface area contributed by atoms with Gasteiger partial charge in [-0.15, -0.1) is 0 Å². The van der Waals surface area contributed by atoms with E-state index in [-0.39, 0.29) is 0 Å². The quantitative estimate of drug-likeness (QED) is 0.891. The van der Waals surface area contributed by atoms with E-state index in [0.29, 0.717) is 6.42 Å². The van der Waals surface area contributed by atoms with E-state index in [4.69, 9.17) is 0 Å². The van der Waals surface area contributed by atoms with Crippen LogP contribution in [-0.2, 0) is 11.2 Å². The van der Waals surface area contributed by atoms with Gasteiger partial charge in [-0.2, -0.15) is 0 Å². The predicted molar refractivity (Wildman–Crippen MR) is 75.4 cm³/mol. The predicted octanol–water partition coefficient (Wildman–Crippen LogP) is 3.02. The van der Waals surface area contributed by atoms with Crippen LogP contribution in [0.25, 0.3) is 0 Å². The van der Waals surface area contributed by atoms with E-state index in [1.165, 1.54) is 11.1 Å². The molecule has 0 saturated carbocycles. The van der Waals surface area contributed by atoms with Gasteiger partial charge in [-0.1, -0.05) is 6.07 Å². The third-order valence-corrected chi connectivity index (χ3v) is 3.39. The number of carboxylic acids is 1. The first-order valence-electron chi connectivity index (χ1n) is 6.16. The summed E-state index contributed by atoms with van der Waals surface area (Å²) < 4.78 is 0. The number of nitrogens with zero attached hydrogens (tertiary/aromatic N) is 1. The highest BCUT2D eigenvalue weighted by atomic mass is 16.4. The van der Waals surface area contributed by atoms with Crippen molar-refractivity contribution >= 4 is 11.7 Å². The average Bonchev–Trinajstić information content (AvgIpc) is 2.22. The number of carbonyl (C=O) groups is 1. The van der Waals surface area contributed by atoms with E-state index in [0.717, 1.165) is 11.3 Å². The minimum atomic E-state index is -0.759. The van der Waals surface area contributed by atoms with Crippen molar-refractivity contribution in [3.63, 3.8) is 0 Å². The molecule has 0 unspecified atom stereocenters. The monoisotopic (exact) mass is 249 g/mol. The van der Waals surface area contributed by atoms with Crippen LogP contribution < -0.4 is 4.90 Å². The Balaban J connectivity index is 3.23. The fourth-order valence-electron chi connectivity index (χ4n) is 1.97. The van der Waals surface area contributed by atoms with Crippen LogP contribution in [0.15, 0.2) is 12.1 Å². The van der Waals surface area contributed by atoms with Crippen LogP contribution in [0.3, 0.4) is 0 Å². The van der Waals surface area contributed by atoms with Gasteiger partial charge in [-0.05, 0) is 56.9 Å². The Hall–Kier alpha value is -1.51. The molecular weight excluding hydrogens is 226 g/mol. The molecule has 0 fully saturated rings. The molecular formula is C15H23NO2. The van der Waals surface area contributed by atoms with E-state index in [1.54, 1.807) is 13.8 Å². The molecule has 0 amide bonds. The SMILES string of the molecule is Cc1cc(CC(C)(C)C(=O)O)c(N(C)C)cc1C. The standard InChI is InChI=1S/C15H23NO2/c1-10-7-12(9-15(3,4)14(17)18)13(16(5)6)8-11(10)2/h7-8H,9H2,1-6H3,(H,17,18). The van der Waals surface area contributed by atoms with Crippen molar-refractivity contribution in [1.82, 2.24) is 0 Å². The molecule has 1 aromatic rings. The summed E-state index contributed by atoms with van der Waals surface area (Å²) in [6.45, 7) is 7.68. The van der Waals surface area contributed by atoms with Gasteiger partial charge in [-0.3, -0.25) is 4.79 Å². The van der Waals surface area contributed by atoms with Crippen molar-refractivity contribution in [1.29, 1.82) is 0 Å². The maximum atomic E-state index is 11.2. The van der Waals surface area contributed by atoms with Gasteiger partial charge < -0.3 is 10.0 Å². The van der Waals surface area contributed by atoms with E-state index in [9.17, 15) is 9.90 Å². The minimum absolute atomic E-state index is 0.539. The number of carboxylic acid groups (broad SMARTS) is 1. The van der Waals surface area contributed by atoms with Crippen molar-refractivity contribution in [2.75, 3.05) is 19.0 Å². The molecule has 0 aliphatic heterocycles. The summed E-state index contributed by atoms with van der Waals surface area (Å²) >= 11 is 0. The topological polar surface area (TPSA) is 40.5 Å². The highest BCUT2D eigenvalue weighted by Crippen LogP contribution is 2.30. The van der Waals surface area contributed by atoms with E-state index >= 15 is 0 Å². The molecule has 100 valence electrons. The van der Waals surface area contributed by atoms with E-state index < -0.39 is 11.4 Å². The summed E-state index contributed by atoms with van der Waals surface area (Å²) in [6.07, 6.45) is 0.539. The number of aliphatic carboxylic acids is 1. The largest absolute Gasteiger partial charge is 0.481 e. The van der Waals surface area contributed by atoms with Gasteiger partial charge in [0, 0.05) is 19.8 Å². The molecule has 0 atom stereocenters. The van der Waals surface area contributed by atoms with Crippen molar-refractivity contribution in [2.24, 2.45) is 5.41 Å². The van der Waals surface area contributed by atoms with Gasteiger partial charge in [0.15, 0.2) is 0 Å². The molecule has 18 heavy (non-hydrogen) atoms. The van der Waals surface area contributed by atoms with E-state index in [1.807, 2.05) is 19.0 Å². The van der Waals surface area contributed by atoms with Gasteiger partial charge in [0.1, 0.15) is 0 Å². The lowest BCUT2D eigenvalue weighted by atomic mass is 9.84. The second kappa shape index (κ2) is 5.01. The van der Waals surface area contributed by atoms with Crippen LogP contribution in [-0.4, -0.2) is 25.2 Å². The van der Waals surface area contributed by atoms with Crippen molar-refractivity contribution in [2.45, 2.75) is 34.1 Å². The Bertz CT molecular complexity index is 462. The first kappa shape index (κ1) is 14.6. The fraction of sp³-hybridized carbons (Fsp3) is 0.533. The molecule has 0 aliphatic carbocycles. The number of benzene rings is 1. The molecule has 0 bridgehead atoms. The Labute approximate surface area is 109 Å². The Morgan fingerprint density at radius 1 is 1.22 bits per heavy atom. The maximum absolute atomic E-state index is 11.2. The van der Waals surface area contributed by atoms with Gasteiger partial charge in [0.25, 0.3) is 0 Å². The van der Waals surface area contributed by atoms with Crippen LogP contribution in [0, 0.1) is 19.3 Å². The van der Waals surface area contributed by atoms with Crippen LogP contribution >= 0.6 is 0 Å². The molecule has 3 heteroatoms. The van der Waals surface area contributed by atoms with E-state index in [2.05, 4.69) is 26.0 Å². The molecule has 0 radical (unpaired) electrons. The Kier molecular flexibility index (Phi) is 4.05. The zero-order valence-corrected chi connectivity index (χ0v) is 12.2. The zero-order valence-electron chi connectivity index (χ0n) is 12.2. The van der Waals surface area contributed by atoms with Gasteiger partial charge in [0.2, 0.25) is 0 Å². The summed E-state index contributed by atoms with van der Waals surface area (Å²) in [7, 11) is 3.97. The highest BCUT2D eigenvalue weighted by molar-refractivity contribution is 5.74. The number of aryl methyl sites for hydroxylation is 2. The Morgan fingerprint density at radius 2 is 1.72 bits per heavy atom. The summed E-state index contributed by atoms with van der Waals surface area (Å²) in [4.78, 5) is 13.3. The van der Waals surface area contributed by atoms with Crippen molar-refractivity contribution < 1.29 is 9.90 Å². The molecule has 1 N–H and O–H groups in total. The fourth-order valence-corrected chi connectivity index (χ4v) is 1.97. The third-order valence-electron chi connectivity index (χ3n) is 3.39. The van der Waals surface area contributed by atoms with Crippen LogP contribution in [0.5, 0.6) is 0 Å². The lowest BCUT2D eigenvalue weighted by molar-refractivity contribution is -0.146. The third kappa shape index (κ3) is 3.03. The average molecular weight is 249 g/mol. The van der Waals surface area contributed by atoms with Crippen LogP contribution in [0.1, 0.15) is 30.5 Å². The summed E-state index contributed by atoms with van der Waals surface area (Å²) in [5.41, 5.74) is 3.89. The van der Waals surface area contributed by atoms with Crippen LogP contribution in [0.4, 0.5) is 5.69 Å². The highest BCUT2D eigenvalue weighted by Gasteiger charge is 2.28. The number of rotatable bonds is 4. The van der Waals surface area contributed by atoms with Crippen LogP contribution in [0.2, 0.25) is 0 Å². The summed E-state index contributed by atoms with van der Waals surface area (Å²) in [6, 6.07) is 4.23. The number of hydrogen-bond donors (Lipinski definition) is 1. The molecule has 0 saturated heterocycles. The molecule has 1 rings (SSSR count). The second-order valence-corrected chi connectivity index (χ2v) is 5.83. The first-order chi connectivity index (χ1) is 8.15. The maximum Gasteiger partial charge on any atom is 0.309 e. The second-order valence-electron chi connectivity index (χ2n) is 5.83. The van der Waals surface area contributed by atoms with Crippen molar-refractivity contribution in [3.8, 4) is 0 Å². The van der Waals surface area contributed by atoms with Gasteiger partial charge >= 0.3 is 5.97 Å². The summed E-state index contributed by atoms with van der Waals surface area (Å²) in [5.74, 6) is -0.759.